The van der Waals surface area contributed by atoms with Crippen LogP contribution in [0.2, 0.25) is 0 Å². The zero-order valence-corrected chi connectivity index (χ0v) is 22.4. The summed E-state index contributed by atoms with van der Waals surface area (Å²) in [5.41, 5.74) is 5.94. The Balaban J connectivity index is 1.38. The highest BCUT2D eigenvalue weighted by atomic mass is 16.5. The van der Waals surface area contributed by atoms with Gasteiger partial charge in [0.1, 0.15) is 6.10 Å². The molecule has 1 saturated carbocycles. The summed E-state index contributed by atoms with van der Waals surface area (Å²) in [6.45, 7) is 10.5. The Kier molecular flexibility index (Phi) is 5.92. The van der Waals surface area contributed by atoms with Crippen molar-refractivity contribution in [3.05, 3.63) is 63.7 Å². The zero-order chi connectivity index (χ0) is 25.9. The number of carbonyl (C=O) groups is 1. The molecule has 1 heterocycles. The first-order valence-corrected chi connectivity index (χ1v) is 13.8. The second-order valence-electron chi connectivity index (χ2n) is 11.9. The maximum Gasteiger partial charge on any atom is 0.194 e. The molecule has 3 aliphatic carbocycles. The molecule has 0 N–H and O–H groups in total. The van der Waals surface area contributed by atoms with Gasteiger partial charge in [-0.1, -0.05) is 26.3 Å². The third-order valence-electron chi connectivity index (χ3n) is 8.81. The van der Waals surface area contributed by atoms with E-state index in [0.717, 1.165) is 59.5 Å². The molecule has 0 bridgehead atoms. The Hall–Kier alpha value is -3.10. The van der Waals surface area contributed by atoms with E-state index in [1.54, 1.807) is 0 Å². The van der Waals surface area contributed by atoms with Gasteiger partial charge < -0.3 is 9.47 Å². The van der Waals surface area contributed by atoms with Crippen molar-refractivity contribution in [3.63, 3.8) is 0 Å². The highest BCUT2D eigenvalue weighted by molar-refractivity contribution is 6.33. The molecule has 1 atom stereocenters. The summed E-state index contributed by atoms with van der Waals surface area (Å²) in [7, 11) is 0. The molecule has 5 nitrogen and oxygen atoms in total. The van der Waals surface area contributed by atoms with Gasteiger partial charge in [0.25, 0.3) is 0 Å². The quantitative estimate of drug-likeness (QED) is 0.491. The fourth-order valence-electron chi connectivity index (χ4n) is 6.61. The van der Waals surface area contributed by atoms with Crippen LogP contribution in [0.25, 0.3) is 5.57 Å². The van der Waals surface area contributed by atoms with E-state index in [9.17, 15) is 10.1 Å². The van der Waals surface area contributed by atoms with Crippen LogP contribution in [0, 0.1) is 11.3 Å². The van der Waals surface area contributed by atoms with Crippen LogP contribution in [0.4, 0.5) is 0 Å². The first kappa shape index (κ1) is 24.2. The molecule has 0 aromatic heterocycles. The molecule has 6 rings (SSSR count). The maximum atomic E-state index is 14.0. The summed E-state index contributed by atoms with van der Waals surface area (Å²) in [5.74, 6) is 1.45. The van der Waals surface area contributed by atoms with Crippen LogP contribution in [0.5, 0.6) is 11.5 Å². The number of hydrogen-bond donors (Lipinski definition) is 0. The van der Waals surface area contributed by atoms with Gasteiger partial charge in [-0.2, -0.15) is 5.26 Å². The van der Waals surface area contributed by atoms with Crippen molar-refractivity contribution in [1.29, 1.82) is 5.26 Å². The van der Waals surface area contributed by atoms with E-state index in [1.165, 1.54) is 19.3 Å². The van der Waals surface area contributed by atoms with Crippen LogP contribution in [0.3, 0.4) is 0 Å². The maximum absolute atomic E-state index is 14.0. The Morgan fingerprint density at radius 3 is 2.57 bits per heavy atom. The Morgan fingerprint density at radius 2 is 1.86 bits per heavy atom. The smallest absolute Gasteiger partial charge is 0.194 e. The molecule has 0 spiro atoms. The number of allylic oxidation sites excluding steroid dienone is 2. The molecule has 192 valence electrons. The average Bonchev–Trinajstić information content (AvgIpc) is 3.22. The Labute approximate surface area is 220 Å². The molecule has 1 saturated heterocycles. The number of fused-ring (bicyclic) bond motifs is 3. The van der Waals surface area contributed by atoms with Gasteiger partial charge >= 0.3 is 0 Å². The normalized spacial score (nSPS) is 22.7. The van der Waals surface area contributed by atoms with Crippen molar-refractivity contribution >= 4 is 11.4 Å². The van der Waals surface area contributed by atoms with Crippen LogP contribution in [0.1, 0.15) is 92.4 Å². The molecule has 2 aromatic carbocycles. The third kappa shape index (κ3) is 4.07. The van der Waals surface area contributed by atoms with Crippen molar-refractivity contribution in [2.75, 3.05) is 13.1 Å². The highest BCUT2D eigenvalue weighted by Crippen LogP contribution is 2.52. The van der Waals surface area contributed by atoms with Gasteiger partial charge in [0.15, 0.2) is 17.3 Å². The topological polar surface area (TPSA) is 62.6 Å². The third-order valence-corrected chi connectivity index (χ3v) is 8.81. The predicted octanol–water partition coefficient (Wildman–Crippen LogP) is 6.22. The first-order valence-electron chi connectivity index (χ1n) is 13.8. The largest absolute Gasteiger partial charge is 0.487 e. The van der Waals surface area contributed by atoms with Gasteiger partial charge in [-0.15, -0.1) is 0 Å². The van der Waals surface area contributed by atoms with E-state index >= 15 is 0 Å². The lowest BCUT2D eigenvalue weighted by molar-refractivity contribution is 0.0339. The van der Waals surface area contributed by atoms with Crippen molar-refractivity contribution in [2.24, 2.45) is 0 Å². The molecular weight excluding hydrogens is 460 g/mol. The van der Waals surface area contributed by atoms with Crippen molar-refractivity contribution in [1.82, 2.24) is 4.90 Å². The highest BCUT2D eigenvalue weighted by Gasteiger charge is 2.44. The number of carbonyl (C=O) groups excluding carboxylic acids is 1. The Bertz CT molecular complexity index is 1340. The van der Waals surface area contributed by atoms with Crippen molar-refractivity contribution in [2.45, 2.75) is 89.9 Å². The number of benzene rings is 2. The number of ketones is 1. The van der Waals surface area contributed by atoms with Gasteiger partial charge in [-0.25, -0.2) is 0 Å². The molecule has 1 aliphatic heterocycles. The molecule has 1 unspecified atom stereocenters. The lowest BCUT2D eigenvalue weighted by Gasteiger charge is -2.42. The predicted molar refractivity (Wildman–Crippen MR) is 144 cm³/mol. The number of piperidine rings is 1. The lowest BCUT2D eigenvalue weighted by atomic mass is 9.68. The SMILES string of the molecule is CC(C)Oc1cc2c(cc1OC1CCCN(C3CCC3)C1)C(C)(C)C1=C(C2=O)c2ccc(C#N)cc2C1. The molecule has 2 fully saturated rings. The van der Waals surface area contributed by atoms with Gasteiger partial charge in [-0.3, -0.25) is 9.69 Å². The van der Waals surface area contributed by atoms with E-state index in [0.29, 0.717) is 29.3 Å². The summed E-state index contributed by atoms with van der Waals surface area (Å²) in [4.78, 5) is 16.6. The number of likely N-dealkylation sites (tertiary alicyclic amines) is 1. The van der Waals surface area contributed by atoms with Gasteiger partial charge in [0.2, 0.25) is 0 Å². The van der Waals surface area contributed by atoms with E-state index in [1.807, 2.05) is 38.1 Å². The van der Waals surface area contributed by atoms with E-state index in [2.05, 4.69) is 30.9 Å². The van der Waals surface area contributed by atoms with E-state index < -0.39 is 0 Å². The molecule has 0 radical (unpaired) electrons. The molecule has 4 aliphatic rings. The zero-order valence-electron chi connectivity index (χ0n) is 22.4. The minimum atomic E-state index is -0.344. The Morgan fingerprint density at radius 1 is 1.05 bits per heavy atom. The number of nitriles is 1. The van der Waals surface area contributed by atoms with E-state index in [-0.39, 0.29) is 23.4 Å². The second kappa shape index (κ2) is 9.03. The molecular formula is C32H36N2O3. The molecule has 5 heteroatoms. The molecule has 37 heavy (non-hydrogen) atoms. The van der Waals surface area contributed by atoms with Crippen LogP contribution in [-0.4, -0.2) is 42.0 Å². The van der Waals surface area contributed by atoms with Gasteiger partial charge in [0, 0.05) is 29.1 Å². The summed E-state index contributed by atoms with van der Waals surface area (Å²) in [5, 5.41) is 9.39. The number of nitrogens with zero attached hydrogens (tertiary/aromatic N) is 2. The fourth-order valence-corrected chi connectivity index (χ4v) is 6.61. The second-order valence-corrected chi connectivity index (χ2v) is 11.9. The fraction of sp³-hybridized carbons (Fsp3) is 0.500. The summed E-state index contributed by atoms with van der Waals surface area (Å²) in [6, 6.07) is 12.6. The lowest BCUT2D eigenvalue weighted by Crippen LogP contribution is -2.49. The van der Waals surface area contributed by atoms with Crippen LogP contribution in [0.15, 0.2) is 35.9 Å². The number of Topliss-reactive ketones (excluding diaryl/α,β-unsaturated/α-hetero) is 1. The number of ether oxygens (including phenoxy) is 2. The van der Waals surface area contributed by atoms with Gasteiger partial charge in [-0.05, 0) is 99.0 Å². The minimum absolute atomic E-state index is 0.0312. The van der Waals surface area contributed by atoms with Crippen molar-refractivity contribution in [3.8, 4) is 17.6 Å². The van der Waals surface area contributed by atoms with Crippen LogP contribution >= 0.6 is 0 Å². The summed E-state index contributed by atoms with van der Waals surface area (Å²) in [6.07, 6.45) is 6.92. The minimum Gasteiger partial charge on any atom is -0.487 e. The standard InChI is InChI=1S/C32H36N2O3/c1-19(2)36-28-15-25-26(16-29(28)37-23-9-6-12-34(18-23)22-7-5-8-22)32(3,4)27-14-21-13-20(17-33)10-11-24(21)30(27)31(25)35/h10-11,13,15-16,19,22-23H,5-9,12,14,18H2,1-4H3. The first-order chi connectivity index (χ1) is 17.8. The van der Waals surface area contributed by atoms with Crippen LogP contribution in [-0.2, 0) is 11.8 Å². The molecule has 2 aromatic rings. The number of hydrogen-bond acceptors (Lipinski definition) is 5. The van der Waals surface area contributed by atoms with Gasteiger partial charge in [0.05, 0.1) is 17.7 Å². The average molecular weight is 497 g/mol. The summed E-state index contributed by atoms with van der Waals surface area (Å²) < 4.78 is 12.9. The van der Waals surface area contributed by atoms with Crippen molar-refractivity contribution < 1.29 is 14.3 Å². The monoisotopic (exact) mass is 496 g/mol. The summed E-state index contributed by atoms with van der Waals surface area (Å²) >= 11 is 0. The van der Waals surface area contributed by atoms with E-state index in [4.69, 9.17) is 9.47 Å². The molecule has 0 amide bonds. The number of rotatable bonds is 5. The van der Waals surface area contributed by atoms with Crippen LogP contribution < -0.4 is 9.47 Å².